The molecule has 0 aliphatic heterocycles. The molecule has 13 heteroatoms. The van der Waals surface area contributed by atoms with Crippen LogP contribution in [-0.2, 0) is 19.6 Å². The van der Waals surface area contributed by atoms with Crippen molar-refractivity contribution >= 4 is 21.8 Å². The van der Waals surface area contributed by atoms with Crippen molar-refractivity contribution in [3.8, 4) is 11.3 Å². The largest absolute Gasteiger partial charge is 0.490 e. The average Bonchev–Trinajstić information content (AvgIpc) is 3.34. The van der Waals surface area contributed by atoms with Crippen molar-refractivity contribution in [2.45, 2.75) is 56.1 Å². The Hall–Kier alpha value is -3.58. The van der Waals surface area contributed by atoms with E-state index in [0.29, 0.717) is 25.1 Å². The van der Waals surface area contributed by atoms with Gasteiger partial charge in [-0.1, -0.05) is 49.2 Å². The molecule has 206 valence electrons. The number of imidazole rings is 1. The lowest BCUT2D eigenvalue weighted by Crippen LogP contribution is -2.29. The predicted molar refractivity (Wildman–Crippen MR) is 131 cm³/mol. The van der Waals surface area contributed by atoms with Gasteiger partial charge in [-0.3, -0.25) is 0 Å². The van der Waals surface area contributed by atoms with Crippen LogP contribution in [0.5, 0.6) is 0 Å². The minimum atomic E-state index is -5.08. The van der Waals surface area contributed by atoms with E-state index in [1.165, 1.54) is 18.2 Å². The number of ketones is 1. The summed E-state index contributed by atoms with van der Waals surface area (Å²) >= 11 is 0. The molecule has 1 atom stereocenters. The third kappa shape index (κ3) is 10.1. The smallest absolute Gasteiger partial charge is 0.475 e. The number of aromatic nitrogens is 2. The number of H-pyrrole nitrogens is 1. The lowest BCUT2D eigenvalue weighted by atomic mass is 10.1. The minimum Gasteiger partial charge on any atom is -0.475 e. The van der Waals surface area contributed by atoms with Crippen molar-refractivity contribution in [1.29, 1.82) is 0 Å². The highest BCUT2D eigenvalue weighted by Crippen LogP contribution is 2.24. The second-order valence-electron chi connectivity index (χ2n) is 8.28. The summed E-state index contributed by atoms with van der Waals surface area (Å²) in [5, 5.41) is 7.12. The number of carboxylic acids is 1. The fourth-order valence-electron chi connectivity index (χ4n) is 3.32. The predicted octanol–water partition coefficient (Wildman–Crippen LogP) is 5.41. The number of benzene rings is 2. The van der Waals surface area contributed by atoms with Crippen molar-refractivity contribution < 1.29 is 40.7 Å². The zero-order valence-corrected chi connectivity index (χ0v) is 21.2. The number of sulfonamides is 1. The van der Waals surface area contributed by atoms with Gasteiger partial charge in [-0.15, -0.1) is 0 Å². The summed E-state index contributed by atoms with van der Waals surface area (Å²) in [6.07, 6.45) is -0.141. The molecule has 8 nitrogen and oxygen atoms in total. The fourth-order valence-corrected chi connectivity index (χ4v) is 4.58. The minimum absolute atomic E-state index is 0.135. The average molecular weight is 558 g/mol. The van der Waals surface area contributed by atoms with Gasteiger partial charge in [0.15, 0.2) is 0 Å². The van der Waals surface area contributed by atoms with E-state index < -0.39 is 34.0 Å². The van der Waals surface area contributed by atoms with Gasteiger partial charge in [-0.05, 0) is 43.5 Å². The molecule has 2 aromatic carbocycles. The Bertz CT molecular complexity index is 1310. The standard InChI is InChI=1S/C23H26FN3O3S.C2HF3O2/c1-17(28)9-4-2-7-14-21(27-31(29,30)20-13-8-12-19(24)15-20)23-25-16-22(26-23)18-10-5-3-6-11-18;3-2(4,5)1(6)7/h3,5-6,8,10-13,15-16,21,27H,2,4,7,9,14H2,1H3,(H,25,26);(H,6,7)/t21-;/m0./s1. The molecule has 0 saturated carbocycles. The number of halogens is 4. The van der Waals surface area contributed by atoms with Crippen LogP contribution in [0.15, 0.2) is 65.7 Å². The lowest BCUT2D eigenvalue weighted by molar-refractivity contribution is -0.192. The molecule has 0 aliphatic rings. The molecule has 0 aliphatic carbocycles. The third-order valence-corrected chi connectivity index (χ3v) is 6.65. The van der Waals surface area contributed by atoms with Crippen LogP contribution < -0.4 is 4.72 Å². The number of carbonyl (C=O) groups is 2. The normalized spacial score (nSPS) is 12.3. The van der Waals surface area contributed by atoms with Crippen molar-refractivity contribution in [1.82, 2.24) is 14.7 Å². The van der Waals surface area contributed by atoms with Crippen LogP contribution in [0.25, 0.3) is 11.3 Å². The van der Waals surface area contributed by atoms with E-state index in [-0.39, 0.29) is 10.7 Å². The zero-order chi connectivity index (χ0) is 28.3. The van der Waals surface area contributed by atoms with E-state index in [4.69, 9.17) is 9.90 Å². The zero-order valence-electron chi connectivity index (χ0n) is 20.3. The van der Waals surface area contributed by atoms with Gasteiger partial charge in [0.05, 0.1) is 22.8 Å². The monoisotopic (exact) mass is 557 g/mol. The molecule has 3 rings (SSSR count). The molecule has 0 fully saturated rings. The Morgan fingerprint density at radius 2 is 1.71 bits per heavy atom. The maximum absolute atomic E-state index is 13.6. The summed E-state index contributed by atoms with van der Waals surface area (Å²) in [6.45, 7) is 1.56. The van der Waals surface area contributed by atoms with Crippen LogP contribution in [0.2, 0.25) is 0 Å². The maximum Gasteiger partial charge on any atom is 0.490 e. The molecule has 1 aromatic heterocycles. The van der Waals surface area contributed by atoms with Crippen LogP contribution in [0.3, 0.4) is 0 Å². The second kappa shape index (κ2) is 13.8. The van der Waals surface area contributed by atoms with Crippen LogP contribution in [-0.4, -0.2) is 41.4 Å². The summed E-state index contributed by atoms with van der Waals surface area (Å²) in [4.78, 5) is 27.5. The van der Waals surface area contributed by atoms with E-state index >= 15 is 0 Å². The number of unbranched alkanes of at least 4 members (excludes halogenated alkanes) is 2. The number of rotatable bonds is 11. The van der Waals surface area contributed by atoms with Gasteiger partial charge in [-0.25, -0.2) is 27.3 Å². The molecule has 3 aromatic rings. The number of aliphatic carboxylic acids is 1. The molecule has 38 heavy (non-hydrogen) atoms. The van der Waals surface area contributed by atoms with Crippen molar-refractivity contribution in [3.63, 3.8) is 0 Å². The van der Waals surface area contributed by atoms with E-state index in [9.17, 15) is 30.8 Å². The summed E-state index contributed by atoms with van der Waals surface area (Å²) in [5.41, 5.74) is 1.72. The van der Waals surface area contributed by atoms with E-state index in [1.54, 1.807) is 13.1 Å². The maximum atomic E-state index is 13.6. The molecule has 3 N–H and O–H groups in total. The Labute approximate surface area is 217 Å². The number of hydrogen-bond acceptors (Lipinski definition) is 5. The van der Waals surface area contributed by atoms with Gasteiger partial charge in [0.2, 0.25) is 10.0 Å². The van der Waals surface area contributed by atoms with E-state index in [0.717, 1.165) is 30.2 Å². The number of carboxylic acid groups (broad SMARTS) is 1. The van der Waals surface area contributed by atoms with Crippen LogP contribution in [0, 0.1) is 5.82 Å². The summed E-state index contributed by atoms with van der Waals surface area (Å²) in [7, 11) is -3.95. The molecule has 0 radical (unpaired) electrons. The Balaban J connectivity index is 0.000000638. The summed E-state index contributed by atoms with van der Waals surface area (Å²) in [5.74, 6) is -2.74. The number of alkyl halides is 3. The molecule has 0 saturated heterocycles. The molecule has 0 unspecified atom stereocenters. The topological polar surface area (TPSA) is 129 Å². The number of hydrogen-bond donors (Lipinski definition) is 3. The first-order chi connectivity index (χ1) is 17.8. The third-order valence-electron chi connectivity index (χ3n) is 5.18. The van der Waals surface area contributed by atoms with Crippen molar-refractivity contribution in [2.75, 3.05) is 0 Å². The Morgan fingerprint density at radius 1 is 1.05 bits per heavy atom. The lowest BCUT2D eigenvalue weighted by Gasteiger charge is -2.17. The van der Waals surface area contributed by atoms with Gasteiger partial charge in [0, 0.05) is 6.42 Å². The Kier molecular flexibility index (Phi) is 11.1. The van der Waals surface area contributed by atoms with E-state index in [2.05, 4.69) is 14.7 Å². The van der Waals surface area contributed by atoms with Gasteiger partial charge in [0.1, 0.15) is 17.4 Å². The quantitative estimate of drug-likeness (QED) is 0.214. The van der Waals surface area contributed by atoms with Crippen molar-refractivity contribution in [2.24, 2.45) is 0 Å². The van der Waals surface area contributed by atoms with E-state index in [1.807, 2.05) is 30.3 Å². The molecule has 0 amide bonds. The Morgan fingerprint density at radius 3 is 2.29 bits per heavy atom. The molecule has 1 heterocycles. The van der Waals surface area contributed by atoms with Gasteiger partial charge >= 0.3 is 12.1 Å². The molecule has 0 bridgehead atoms. The highest BCUT2D eigenvalue weighted by molar-refractivity contribution is 7.89. The van der Waals surface area contributed by atoms with Gasteiger partial charge in [-0.2, -0.15) is 13.2 Å². The number of nitrogens with zero attached hydrogens (tertiary/aromatic N) is 1. The van der Waals surface area contributed by atoms with Crippen LogP contribution in [0.1, 0.15) is 50.9 Å². The SMILES string of the molecule is CC(=O)CCCCC[C@H](NS(=O)(=O)c1cccc(F)c1)c1ncc(-c2ccccc2)[nH]1.O=C(O)C(F)(F)F. The fraction of sp³-hybridized carbons (Fsp3) is 0.320. The van der Waals surface area contributed by atoms with Gasteiger partial charge < -0.3 is 14.9 Å². The molecular weight excluding hydrogens is 530 g/mol. The van der Waals surface area contributed by atoms with Gasteiger partial charge in [0.25, 0.3) is 0 Å². The number of nitrogens with one attached hydrogen (secondary N) is 2. The first-order valence-electron chi connectivity index (χ1n) is 11.5. The first-order valence-corrected chi connectivity index (χ1v) is 13.0. The summed E-state index contributed by atoms with van der Waals surface area (Å²) < 4.78 is 73.7. The summed E-state index contributed by atoms with van der Waals surface area (Å²) in [6, 6.07) is 13.9. The first kappa shape index (κ1) is 30.6. The second-order valence-corrected chi connectivity index (χ2v) is 10.00. The number of aromatic amines is 1. The molecule has 0 spiro atoms. The van der Waals surface area contributed by atoms with Crippen LogP contribution in [0.4, 0.5) is 17.6 Å². The number of Topliss-reactive ketones (excluding diaryl/α,β-unsaturated/α-hetero) is 1. The highest BCUT2D eigenvalue weighted by Gasteiger charge is 2.38. The molecular formula is C25H27F4N3O5S. The van der Waals surface area contributed by atoms with Crippen LogP contribution >= 0.6 is 0 Å². The van der Waals surface area contributed by atoms with Crippen molar-refractivity contribution in [3.05, 3.63) is 72.4 Å². The number of carbonyl (C=O) groups excluding carboxylic acids is 1. The highest BCUT2D eigenvalue weighted by atomic mass is 32.2.